The molecule has 30 heavy (non-hydrogen) atoms. The number of aryl methyl sites for hydroxylation is 2. The molecule has 1 amide bonds. The van der Waals surface area contributed by atoms with Crippen molar-refractivity contribution in [2.45, 2.75) is 38.5 Å². The molecule has 2 aromatic rings. The van der Waals surface area contributed by atoms with Crippen molar-refractivity contribution in [3.63, 3.8) is 0 Å². The Morgan fingerprint density at radius 3 is 2.60 bits per heavy atom. The Bertz CT molecular complexity index is 1080. The molecule has 2 aliphatic rings. The molecule has 156 valence electrons. The second-order valence-electron chi connectivity index (χ2n) is 7.48. The highest BCUT2D eigenvalue weighted by molar-refractivity contribution is 8.19. The average Bonchev–Trinajstić information content (AvgIpc) is 3.20. The Morgan fingerprint density at radius 2 is 1.87 bits per heavy atom. The lowest BCUT2D eigenvalue weighted by atomic mass is 10.1. The third kappa shape index (κ3) is 4.01. The van der Waals surface area contributed by atoms with Crippen LogP contribution < -0.4 is 4.90 Å². The summed E-state index contributed by atoms with van der Waals surface area (Å²) in [6.07, 6.45) is 1.97. The Hall–Kier alpha value is -1.89. The van der Waals surface area contributed by atoms with E-state index in [2.05, 4.69) is 37.8 Å². The zero-order valence-corrected chi connectivity index (χ0v) is 19.9. The fourth-order valence-electron chi connectivity index (χ4n) is 3.36. The first-order valence-electron chi connectivity index (χ1n) is 10.00. The van der Waals surface area contributed by atoms with Gasteiger partial charge in [-0.15, -0.1) is 0 Å². The minimum Gasteiger partial charge on any atom is -0.337 e. The van der Waals surface area contributed by atoms with Gasteiger partial charge >= 0.3 is 0 Å². The van der Waals surface area contributed by atoms with E-state index >= 15 is 0 Å². The minimum atomic E-state index is 0.0317. The number of halogens is 1. The number of benzene rings is 2. The van der Waals surface area contributed by atoms with E-state index in [4.69, 9.17) is 16.6 Å². The quantitative estimate of drug-likeness (QED) is 0.477. The van der Waals surface area contributed by atoms with E-state index in [9.17, 15) is 4.79 Å². The highest BCUT2D eigenvalue weighted by Crippen LogP contribution is 2.50. The van der Waals surface area contributed by atoms with Crippen molar-refractivity contribution in [2.24, 2.45) is 4.99 Å². The summed E-state index contributed by atoms with van der Waals surface area (Å²) in [6.45, 7) is 6.98. The fraction of sp³-hybridized carbons (Fsp3) is 0.304. The molecular weight excluding hydrogens is 434 g/mol. The van der Waals surface area contributed by atoms with Crippen LogP contribution in [0.25, 0.3) is 0 Å². The van der Waals surface area contributed by atoms with E-state index < -0.39 is 0 Å². The smallest absolute Gasteiger partial charge is 0.269 e. The Kier molecular flexibility index (Phi) is 6.19. The van der Waals surface area contributed by atoms with Crippen LogP contribution in [0.15, 0.2) is 56.2 Å². The average molecular weight is 458 g/mol. The number of rotatable bonds is 4. The SMILES string of the molecule is CCCCN1C(=O)/C(=C2/Sc3ccc(Cl)cc3N2C)SC1=Nc1ccc(C)c(C)c1. The summed E-state index contributed by atoms with van der Waals surface area (Å²) in [7, 11) is 1.99. The van der Waals surface area contributed by atoms with Gasteiger partial charge in [0.25, 0.3) is 5.91 Å². The first-order chi connectivity index (χ1) is 14.4. The van der Waals surface area contributed by atoms with Gasteiger partial charge in [0.15, 0.2) is 5.17 Å². The topological polar surface area (TPSA) is 35.9 Å². The van der Waals surface area contributed by atoms with Gasteiger partial charge in [0.2, 0.25) is 0 Å². The zero-order chi connectivity index (χ0) is 21.4. The molecule has 0 bridgehead atoms. The van der Waals surface area contributed by atoms with E-state index in [-0.39, 0.29) is 5.91 Å². The van der Waals surface area contributed by atoms with Crippen LogP contribution in [0.5, 0.6) is 0 Å². The maximum atomic E-state index is 13.4. The molecule has 0 unspecified atom stereocenters. The molecular formula is C23H24ClN3OS2. The summed E-state index contributed by atoms with van der Waals surface area (Å²) in [5, 5.41) is 2.38. The molecule has 2 aliphatic heterocycles. The Labute approximate surface area is 191 Å². The molecule has 0 aliphatic carbocycles. The zero-order valence-electron chi connectivity index (χ0n) is 17.5. The maximum Gasteiger partial charge on any atom is 0.269 e. The van der Waals surface area contributed by atoms with Gasteiger partial charge in [-0.25, -0.2) is 4.99 Å². The Morgan fingerprint density at radius 1 is 1.07 bits per heavy atom. The lowest BCUT2D eigenvalue weighted by Gasteiger charge is -2.16. The molecule has 4 nitrogen and oxygen atoms in total. The molecule has 4 rings (SSSR count). The molecule has 7 heteroatoms. The highest BCUT2D eigenvalue weighted by atomic mass is 35.5. The van der Waals surface area contributed by atoms with Crippen molar-refractivity contribution in [1.29, 1.82) is 0 Å². The number of anilines is 1. The molecule has 1 fully saturated rings. The van der Waals surface area contributed by atoms with Gasteiger partial charge in [0, 0.05) is 23.5 Å². The molecule has 0 spiro atoms. The van der Waals surface area contributed by atoms with Gasteiger partial charge in [-0.05, 0) is 73.5 Å². The lowest BCUT2D eigenvalue weighted by molar-refractivity contribution is -0.122. The van der Waals surface area contributed by atoms with Crippen molar-refractivity contribution in [2.75, 3.05) is 18.5 Å². The van der Waals surface area contributed by atoms with Gasteiger partial charge in [-0.1, -0.05) is 42.8 Å². The first kappa shape index (κ1) is 21.3. The number of thioether (sulfide) groups is 2. The molecule has 2 heterocycles. The number of hydrogen-bond acceptors (Lipinski definition) is 5. The van der Waals surface area contributed by atoms with Gasteiger partial charge in [0.1, 0.15) is 4.91 Å². The van der Waals surface area contributed by atoms with Crippen LogP contribution in [-0.4, -0.2) is 29.6 Å². The van der Waals surface area contributed by atoms with Crippen LogP contribution in [0.2, 0.25) is 5.02 Å². The van der Waals surface area contributed by atoms with Crippen LogP contribution in [0, 0.1) is 13.8 Å². The standard InChI is InChI=1S/C23H24ClN3OS2/c1-5-6-11-27-21(28)20(22-26(4)18-13-16(24)8-10-19(18)29-22)30-23(27)25-17-9-7-14(2)15(3)12-17/h7-10,12-13H,5-6,11H2,1-4H3/b22-20-,25-23?. The third-order valence-corrected chi connectivity index (χ3v) is 7.97. The predicted molar refractivity (Wildman–Crippen MR) is 130 cm³/mol. The summed E-state index contributed by atoms with van der Waals surface area (Å²) < 4.78 is 0. The van der Waals surface area contributed by atoms with E-state index in [1.54, 1.807) is 11.8 Å². The van der Waals surface area contributed by atoms with Crippen LogP contribution in [0.1, 0.15) is 30.9 Å². The molecule has 0 aromatic heterocycles. The molecule has 0 saturated carbocycles. The number of aliphatic imine (C=N–C) groups is 1. The normalized spacial score (nSPS) is 19.9. The van der Waals surface area contributed by atoms with Crippen LogP contribution in [0.4, 0.5) is 11.4 Å². The van der Waals surface area contributed by atoms with Gasteiger partial charge in [0.05, 0.1) is 16.4 Å². The fourth-order valence-corrected chi connectivity index (χ4v) is 5.87. The molecule has 2 aromatic carbocycles. The summed E-state index contributed by atoms with van der Waals surface area (Å²) in [5.41, 5.74) is 4.34. The van der Waals surface area contributed by atoms with Crippen molar-refractivity contribution >= 4 is 57.6 Å². The third-order valence-electron chi connectivity index (χ3n) is 5.30. The number of nitrogens with zero attached hydrogens (tertiary/aromatic N) is 3. The van der Waals surface area contributed by atoms with E-state index in [1.807, 2.05) is 36.2 Å². The summed E-state index contributed by atoms with van der Waals surface area (Å²) in [6, 6.07) is 12.0. The Balaban J connectivity index is 1.72. The monoisotopic (exact) mass is 457 g/mol. The van der Waals surface area contributed by atoms with Crippen molar-refractivity contribution in [1.82, 2.24) is 4.90 Å². The number of carbonyl (C=O) groups excluding carboxylic acids is 1. The molecule has 1 saturated heterocycles. The number of carbonyl (C=O) groups is 1. The largest absolute Gasteiger partial charge is 0.337 e. The molecule has 0 N–H and O–H groups in total. The second kappa shape index (κ2) is 8.69. The van der Waals surface area contributed by atoms with Gasteiger partial charge < -0.3 is 4.90 Å². The van der Waals surface area contributed by atoms with E-state index in [0.29, 0.717) is 11.6 Å². The lowest BCUT2D eigenvalue weighted by Crippen LogP contribution is -2.30. The van der Waals surface area contributed by atoms with E-state index in [0.717, 1.165) is 44.2 Å². The van der Waals surface area contributed by atoms with Crippen molar-refractivity contribution in [3.8, 4) is 0 Å². The molecule has 0 atom stereocenters. The summed E-state index contributed by atoms with van der Waals surface area (Å²) >= 11 is 9.28. The number of hydrogen-bond donors (Lipinski definition) is 0. The van der Waals surface area contributed by atoms with Gasteiger partial charge in [-0.2, -0.15) is 0 Å². The number of fused-ring (bicyclic) bond motifs is 1. The van der Waals surface area contributed by atoms with Crippen molar-refractivity contribution < 1.29 is 4.79 Å². The van der Waals surface area contributed by atoms with Gasteiger partial charge in [-0.3, -0.25) is 9.69 Å². The first-order valence-corrected chi connectivity index (χ1v) is 12.0. The van der Waals surface area contributed by atoms with Crippen molar-refractivity contribution in [3.05, 3.63) is 62.5 Å². The number of amides is 1. The van der Waals surface area contributed by atoms with Crippen LogP contribution in [0.3, 0.4) is 0 Å². The second-order valence-corrected chi connectivity index (χ2v) is 9.93. The maximum absolute atomic E-state index is 13.4. The summed E-state index contributed by atoms with van der Waals surface area (Å²) in [4.78, 5) is 24.0. The predicted octanol–water partition coefficient (Wildman–Crippen LogP) is 6.73. The van der Waals surface area contributed by atoms with E-state index in [1.165, 1.54) is 22.9 Å². The molecule has 0 radical (unpaired) electrons. The minimum absolute atomic E-state index is 0.0317. The number of unbranched alkanes of at least 4 members (excludes halogenated alkanes) is 1. The van der Waals surface area contributed by atoms with Crippen LogP contribution >= 0.6 is 35.1 Å². The summed E-state index contributed by atoms with van der Waals surface area (Å²) in [5.74, 6) is 0.0317. The highest BCUT2D eigenvalue weighted by Gasteiger charge is 2.38. The van der Waals surface area contributed by atoms with Crippen LogP contribution in [-0.2, 0) is 4.79 Å². The number of amidine groups is 1.